The number of hydrogen-bond donors (Lipinski definition) is 0. The molecule has 64 heavy (non-hydrogen) atoms. The first-order valence-corrected chi connectivity index (χ1v) is 21.2. The summed E-state index contributed by atoms with van der Waals surface area (Å²) < 4.78 is 21.7. The van der Waals surface area contributed by atoms with Crippen molar-refractivity contribution in [1.82, 2.24) is 0 Å². The number of benzene rings is 9. The number of hydrogen-bond acceptors (Lipinski definition) is 6. The van der Waals surface area contributed by atoms with Gasteiger partial charge in [0.15, 0.2) is 0 Å². The quantitative estimate of drug-likeness (QED) is 0.109. The van der Waals surface area contributed by atoms with Crippen LogP contribution < -0.4 is 28.7 Å². The van der Waals surface area contributed by atoms with E-state index in [1.165, 1.54) is 0 Å². The van der Waals surface area contributed by atoms with Gasteiger partial charge in [-0.1, -0.05) is 97.1 Å². The van der Waals surface area contributed by atoms with Crippen molar-refractivity contribution < 1.29 is 18.9 Å². The van der Waals surface area contributed by atoms with Crippen LogP contribution in [0.3, 0.4) is 0 Å². The number of nitrogens with zero attached hydrogens (tertiary/aromatic N) is 2. The molecule has 0 saturated heterocycles. The fraction of sp³-hybridized carbons (Fsp3) is 0.0690. The van der Waals surface area contributed by atoms with Crippen molar-refractivity contribution in [2.24, 2.45) is 0 Å². The number of methoxy groups -OCH3 is 4. The summed E-state index contributed by atoms with van der Waals surface area (Å²) in [5.74, 6) is 3.30. The van der Waals surface area contributed by atoms with Gasteiger partial charge in [0.25, 0.3) is 0 Å². The lowest BCUT2D eigenvalue weighted by Crippen LogP contribution is -2.12. The molecule has 0 amide bonds. The van der Waals surface area contributed by atoms with Gasteiger partial charge < -0.3 is 28.7 Å². The van der Waals surface area contributed by atoms with Gasteiger partial charge >= 0.3 is 0 Å². The lowest BCUT2D eigenvalue weighted by molar-refractivity contribution is 0.414. The fourth-order valence-corrected chi connectivity index (χ4v) is 7.99. The zero-order valence-electron chi connectivity index (χ0n) is 36.3. The maximum Gasteiger partial charge on any atom is 0.119 e. The van der Waals surface area contributed by atoms with E-state index >= 15 is 0 Å². The second kappa shape index (κ2) is 18.8. The Balaban J connectivity index is 1.04. The van der Waals surface area contributed by atoms with Gasteiger partial charge in [-0.2, -0.15) is 0 Å². The average molecular weight is 837 g/mol. The van der Waals surface area contributed by atoms with Crippen LogP contribution in [0.1, 0.15) is 0 Å². The standard InChI is InChI=1S/C58H48N2O4/c1-61-55-33-17-47(18-34-55)43-9-5-41(6-10-43)45-13-21-49(22-14-45)59(50-23-15-46(16-24-50)42-7-11-44(12-8-42)48-19-35-56(62-2)36-20-48)51-25-27-52(28-26-51)60(53-29-37-57(63-3)38-30-53)54-31-39-58(64-4)40-32-54/h5-40H,1-4H3. The predicted octanol–water partition coefficient (Wildman–Crippen LogP) is 15.3. The molecule has 0 N–H and O–H groups in total. The minimum Gasteiger partial charge on any atom is -0.497 e. The van der Waals surface area contributed by atoms with Crippen LogP contribution in [0.5, 0.6) is 23.0 Å². The SMILES string of the molecule is COc1ccc(-c2ccc(-c3ccc(N(c4ccc(-c5ccc(-c6ccc(OC)cc6)cc5)cc4)c4ccc(N(c5ccc(OC)cc5)c5ccc(OC)cc5)cc4)cc3)cc2)cc1. The van der Waals surface area contributed by atoms with Gasteiger partial charge in [-0.3, -0.25) is 0 Å². The first-order valence-electron chi connectivity index (χ1n) is 21.2. The van der Waals surface area contributed by atoms with Crippen LogP contribution in [0.4, 0.5) is 34.1 Å². The summed E-state index contributed by atoms with van der Waals surface area (Å²) in [7, 11) is 6.75. The lowest BCUT2D eigenvalue weighted by atomic mass is 9.99. The van der Waals surface area contributed by atoms with Crippen molar-refractivity contribution in [3.63, 3.8) is 0 Å². The van der Waals surface area contributed by atoms with Crippen LogP contribution in [0.25, 0.3) is 44.5 Å². The monoisotopic (exact) mass is 836 g/mol. The van der Waals surface area contributed by atoms with Crippen LogP contribution >= 0.6 is 0 Å². The molecule has 0 aliphatic carbocycles. The maximum atomic E-state index is 5.49. The van der Waals surface area contributed by atoms with E-state index in [-0.39, 0.29) is 0 Å². The van der Waals surface area contributed by atoms with Crippen molar-refractivity contribution in [2.45, 2.75) is 0 Å². The highest BCUT2D eigenvalue weighted by Crippen LogP contribution is 2.41. The molecule has 0 spiro atoms. The fourth-order valence-electron chi connectivity index (χ4n) is 7.99. The Morgan fingerprint density at radius 2 is 0.312 bits per heavy atom. The molecule has 0 aliphatic heterocycles. The number of anilines is 6. The largest absolute Gasteiger partial charge is 0.497 e. The molecule has 0 radical (unpaired) electrons. The Hall–Kier alpha value is -8.22. The van der Waals surface area contributed by atoms with E-state index in [9.17, 15) is 0 Å². The molecule has 0 fully saturated rings. The molecule has 0 saturated carbocycles. The summed E-state index contributed by atoms with van der Waals surface area (Å²) in [6.45, 7) is 0. The van der Waals surface area contributed by atoms with E-state index < -0.39 is 0 Å². The van der Waals surface area contributed by atoms with Crippen molar-refractivity contribution in [3.8, 4) is 67.5 Å². The molecular formula is C58H48N2O4. The minimum atomic E-state index is 0.803. The molecule has 0 heterocycles. The lowest BCUT2D eigenvalue weighted by Gasteiger charge is -2.28. The third-order valence-corrected chi connectivity index (χ3v) is 11.6. The second-order valence-electron chi connectivity index (χ2n) is 15.3. The van der Waals surface area contributed by atoms with Crippen molar-refractivity contribution in [3.05, 3.63) is 218 Å². The summed E-state index contributed by atoms with van der Waals surface area (Å²) in [6.07, 6.45) is 0. The molecule has 9 aromatic rings. The van der Waals surface area contributed by atoms with Gasteiger partial charge in [0.05, 0.1) is 28.4 Å². The zero-order valence-corrected chi connectivity index (χ0v) is 36.3. The molecule has 6 nitrogen and oxygen atoms in total. The van der Waals surface area contributed by atoms with E-state index in [1.807, 2.05) is 48.5 Å². The summed E-state index contributed by atoms with van der Waals surface area (Å²) in [5, 5.41) is 0. The maximum absolute atomic E-state index is 5.49. The third-order valence-electron chi connectivity index (χ3n) is 11.6. The molecule has 9 rings (SSSR count). The molecule has 0 aromatic heterocycles. The predicted molar refractivity (Wildman–Crippen MR) is 264 cm³/mol. The van der Waals surface area contributed by atoms with E-state index in [2.05, 4.69) is 180 Å². The first-order chi connectivity index (χ1) is 31.5. The van der Waals surface area contributed by atoms with Gasteiger partial charge in [-0.15, -0.1) is 0 Å². The second-order valence-corrected chi connectivity index (χ2v) is 15.3. The Morgan fingerprint density at radius 3 is 0.500 bits per heavy atom. The van der Waals surface area contributed by atoms with Gasteiger partial charge in [-0.05, 0) is 166 Å². The molecule has 0 atom stereocenters. The van der Waals surface area contributed by atoms with Crippen LogP contribution in [-0.2, 0) is 0 Å². The van der Waals surface area contributed by atoms with Crippen LogP contribution in [0.15, 0.2) is 218 Å². The van der Waals surface area contributed by atoms with Crippen LogP contribution in [-0.4, -0.2) is 28.4 Å². The molecule has 314 valence electrons. The van der Waals surface area contributed by atoms with Gasteiger partial charge in [-0.25, -0.2) is 0 Å². The number of rotatable bonds is 14. The summed E-state index contributed by atoms with van der Waals surface area (Å²) in [6, 6.07) is 76.4. The first kappa shape index (κ1) is 41.1. The Bertz CT molecular complexity index is 2710. The van der Waals surface area contributed by atoms with Gasteiger partial charge in [0.2, 0.25) is 0 Å². The minimum absolute atomic E-state index is 0.803. The molecule has 9 aromatic carbocycles. The Kier molecular flexibility index (Phi) is 12.1. The van der Waals surface area contributed by atoms with E-state index in [0.717, 1.165) is 102 Å². The van der Waals surface area contributed by atoms with E-state index in [0.29, 0.717) is 0 Å². The molecule has 0 aliphatic rings. The number of ether oxygens (including phenoxy) is 4. The van der Waals surface area contributed by atoms with Crippen molar-refractivity contribution in [1.29, 1.82) is 0 Å². The summed E-state index contributed by atoms with van der Waals surface area (Å²) in [4.78, 5) is 4.54. The normalized spacial score (nSPS) is 10.8. The third kappa shape index (κ3) is 8.89. The van der Waals surface area contributed by atoms with Gasteiger partial charge in [0.1, 0.15) is 23.0 Å². The molecular weight excluding hydrogens is 789 g/mol. The highest BCUT2D eigenvalue weighted by atomic mass is 16.5. The van der Waals surface area contributed by atoms with Crippen LogP contribution in [0, 0.1) is 0 Å². The summed E-state index contributed by atoms with van der Waals surface area (Å²) in [5.41, 5.74) is 15.4. The molecule has 0 unspecified atom stereocenters. The highest BCUT2D eigenvalue weighted by molar-refractivity contribution is 5.83. The smallest absolute Gasteiger partial charge is 0.119 e. The Morgan fingerprint density at radius 1 is 0.188 bits per heavy atom. The summed E-state index contributed by atoms with van der Waals surface area (Å²) >= 11 is 0. The van der Waals surface area contributed by atoms with Gasteiger partial charge in [0, 0.05) is 34.1 Å². The Labute approximate surface area is 375 Å². The van der Waals surface area contributed by atoms with Crippen LogP contribution in [0.2, 0.25) is 0 Å². The van der Waals surface area contributed by atoms with Crippen molar-refractivity contribution in [2.75, 3.05) is 38.2 Å². The van der Waals surface area contributed by atoms with Crippen molar-refractivity contribution >= 4 is 34.1 Å². The van der Waals surface area contributed by atoms with E-state index in [1.54, 1.807) is 28.4 Å². The zero-order chi connectivity index (χ0) is 43.8. The molecule has 6 heteroatoms. The topological polar surface area (TPSA) is 43.4 Å². The molecule has 0 bridgehead atoms. The average Bonchev–Trinajstić information content (AvgIpc) is 3.38. The van der Waals surface area contributed by atoms with E-state index in [4.69, 9.17) is 18.9 Å². The highest BCUT2D eigenvalue weighted by Gasteiger charge is 2.17.